The molecule has 1 saturated heterocycles. The first kappa shape index (κ1) is 19.9. The summed E-state index contributed by atoms with van der Waals surface area (Å²) in [6.45, 7) is 1.09. The number of aromatic nitrogens is 2. The zero-order chi connectivity index (χ0) is 20.9. The van der Waals surface area contributed by atoms with Crippen LogP contribution in [0.3, 0.4) is 0 Å². The van der Waals surface area contributed by atoms with E-state index < -0.39 is 0 Å². The van der Waals surface area contributed by atoms with Crippen molar-refractivity contribution in [1.29, 1.82) is 0 Å². The van der Waals surface area contributed by atoms with E-state index in [0.29, 0.717) is 37.6 Å². The summed E-state index contributed by atoms with van der Waals surface area (Å²) in [5.74, 6) is 2.84. The minimum absolute atomic E-state index is 0.0541. The van der Waals surface area contributed by atoms with Crippen LogP contribution in [0.2, 0.25) is 0 Å². The molecule has 1 aliphatic rings. The summed E-state index contributed by atoms with van der Waals surface area (Å²) in [5.41, 5.74) is 2.13. The Labute approximate surface area is 175 Å². The quantitative estimate of drug-likeness (QED) is 0.570. The molecule has 2 aromatic carbocycles. The molecule has 7 nitrogen and oxygen atoms in total. The summed E-state index contributed by atoms with van der Waals surface area (Å²) in [7, 11) is 3.29. The van der Waals surface area contributed by atoms with E-state index in [-0.39, 0.29) is 11.8 Å². The molecule has 0 saturated carbocycles. The molecular weight excluding hydrogens is 382 g/mol. The van der Waals surface area contributed by atoms with E-state index in [1.54, 1.807) is 14.2 Å². The van der Waals surface area contributed by atoms with Crippen molar-refractivity contribution in [2.75, 3.05) is 20.8 Å². The molecule has 1 unspecified atom stereocenters. The summed E-state index contributed by atoms with van der Waals surface area (Å²) in [6, 6.07) is 15.7. The van der Waals surface area contributed by atoms with Gasteiger partial charge in [0, 0.05) is 37.4 Å². The fraction of sp³-hybridized carbons (Fsp3) is 0.348. The Morgan fingerprint density at radius 1 is 1.10 bits per heavy atom. The van der Waals surface area contributed by atoms with Crippen molar-refractivity contribution in [2.45, 2.75) is 31.7 Å². The number of hydrogen-bond acceptors (Lipinski definition) is 6. The van der Waals surface area contributed by atoms with Gasteiger partial charge in [-0.2, -0.15) is 4.98 Å². The maximum absolute atomic E-state index is 12.5. The second-order valence-corrected chi connectivity index (χ2v) is 7.38. The van der Waals surface area contributed by atoms with Gasteiger partial charge in [-0.05, 0) is 30.2 Å². The zero-order valence-corrected chi connectivity index (χ0v) is 17.2. The van der Waals surface area contributed by atoms with Crippen LogP contribution in [-0.4, -0.2) is 41.7 Å². The molecule has 4 rings (SSSR count). The Bertz CT molecular complexity index is 1020. The van der Waals surface area contributed by atoms with Crippen LogP contribution < -0.4 is 9.47 Å². The molecular formula is C23H25N3O4. The van der Waals surface area contributed by atoms with Gasteiger partial charge in [-0.25, -0.2) is 0 Å². The Morgan fingerprint density at radius 3 is 2.80 bits per heavy atom. The number of methoxy groups -OCH3 is 2. The summed E-state index contributed by atoms with van der Waals surface area (Å²) in [6.07, 6.45) is 1.82. The molecule has 1 amide bonds. The normalized spacial score (nSPS) is 16.1. The molecule has 0 bridgehead atoms. The second-order valence-electron chi connectivity index (χ2n) is 7.38. The monoisotopic (exact) mass is 407 g/mol. The van der Waals surface area contributed by atoms with Crippen LogP contribution in [0.4, 0.5) is 0 Å². The van der Waals surface area contributed by atoms with Gasteiger partial charge in [-0.1, -0.05) is 35.5 Å². The molecule has 0 radical (unpaired) electrons. The lowest BCUT2D eigenvalue weighted by atomic mass is 10.1. The summed E-state index contributed by atoms with van der Waals surface area (Å²) in [5, 5.41) is 4.14. The van der Waals surface area contributed by atoms with Gasteiger partial charge in [0.25, 0.3) is 0 Å². The first-order valence-corrected chi connectivity index (χ1v) is 10.0. The highest BCUT2D eigenvalue weighted by molar-refractivity contribution is 5.79. The third-order valence-electron chi connectivity index (χ3n) is 5.38. The van der Waals surface area contributed by atoms with Crippen LogP contribution in [0.15, 0.2) is 53.1 Å². The van der Waals surface area contributed by atoms with Crippen molar-refractivity contribution in [1.82, 2.24) is 15.0 Å². The molecule has 1 aromatic heterocycles. The van der Waals surface area contributed by atoms with Crippen molar-refractivity contribution in [2.24, 2.45) is 0 Å². The van der Waals surface area contributed by atoms with Crippen LogP contribution in [0, 0.1) is 0 Å². The first-order chi connectivity index (χ1) is 14.7. The lowest BCUT2D eigenvalue weighted by Gasteiger charge is -2.17. The number of rotatable bonds is 8. The number of ether oxygens (including phenoxy) is 2. The van der Waals surface area contributed by atoms with E-state index in [0.717, 1.165) is 29.0 Å². The molecule has 0 N–H and O–H groups in total. The third-order valence-corrected chi connectivity index (χ3v) is 5.38. The SMILES string of the molecule is COc1cccc(CCc2nc(C3CC(=O)N(Cc4ccccc4OC)C3)no2)c1. The number of nitrogens with zero attached hydrogens (tertiary/aromatic N) is 3. The summed E-state index contributed by atoms with van der Waals surface area (Å²) < 4.78 is 16.1. The summed E-state index contributed by atoms with van der Waals surface area (Å²) >= 11 is 0. The van der Waals surface area contributed by atoms with Crippen LogP contribution in [0.25, 0.3) is 0 Å². The number of likely N-dealkylation sites (tertiary alicyclic amines) is 1. The number of amides is 1. The van der Waals surface area contributed by atoms with E-state index in [2.05, 4.69) is 10.1 Å². The zero-order valence-electron chi connectivity index (χ0n) is 17.2. The minimum atomic E-state index is -0.0541. The van der Waals surface area contributed by atoms with Crippen LogP contribution in [0.1, 0.15) is 35.2 Å². The number of aryl methyl sites for hydroxylation is 2. The van der Waals surface area contributed by atoms with Gasteiger partial charge in [0.2, 0.25) is 11.8 Å². The average molecular weight is 407 g/mol. The van der Waals surface area contributed by atoms with Crippen molar-refractivity contribution in [3.05, 3.63) is 71.4 Å². The maximum Gasteiger partial charge on any atom is 0.226 e. The van der Waals surface area contributed by atoms with Gasteiger partial charge in [-0.3, -0.25) is 4.79 Å². The molecule has 0 spiro atoms. The van der Waals surface area contributed by atoms with E-state index in [1.165, 1.54) is 0 Å². The van der Waals surface area contributed by atoms with Crippen molar-refractivity contribution in [3.8, 4) is 11.5 Å². The predicted molar refractivity (Wildman–Crippen MR) is 110 cm³/mol. The lowest BCUT2D eigenvalue weighted by molar-refractivity contribution is -0.128. The van der Waals surface area contributed by atoms with Crippen LogP contribution >= 0.6 is 0 Å². The Kier molecular flexibility index (Phi) is 5.97. The fourth-order valence-electron chi connectivity index (χ4n) is 3.75. The standard InChI is InChI=1S/C23H25N3O4/c1-28-19-8-5-6-16(12-19)10-11-21-24-23(25-30-21)18-13-22(27)26(15-18)14-17-7-3-4-9-20(17)29-2/h3-9,12,18H,10-11,13-15H2,1-2H3. The van der Waals surface area contributed by atoms with Gasteiger partial charge in [0.1, 0.15) is 11.5 Å². The van der Waals surface area contributed by atoms with Gasteiger partial charge in [0.15, 0.2) is 5.82 Å². The average Bonchev–Trinajstić information content (AvgIpc) is 3.39. The fourth-order valence-corrected chi connectivity index (χ4v) is 3.75. The van der Waals surface area contributed by atoms with Crippen molar-refractivity contribution >= 4 is 5.91 Å². The van der Waals surface area contributed by atoms with Crippen LogP contribution in [-0.2, 0) is 24.2 Å². The topological polar surface area (TPSA) is 77.7 Å². The van der Waals surface area contributed by atoms with Crippen molar-refractivity contribution < 1.29 is 18.8 Å². The van der Waals surface area contributed by atoms with E-state index in [4.69, 9.17) is 14.0 Å². The van der Waals surface area contributed by atoms with Crippen LogP contribution in [0.5, 0.6) is 11.5 Å². The Morgan fingerprint density at radius 2 is 1.97 bits per heavy atom. The Balaban J connectivity index is 1.37. The number of carbonyl (C=O) groups is 1. The van der Waals surface area contributed by atoms with Crippen molar-refractivity contribution in [3.63, 3.8) is 0 Å². The molecule has 2 heterocycles. The Hall–Kier alpha value is -3.35. The highest BCUT2D eigenvalue weighted by atomic mass is 16.5. The molecule has 1 atom stereocenters. The van der Waals surface area contributed by atoms with Gasteiger partial charge in [0.05, 0.1) is 14.2 Å². The summed E-state index contributed by atoms with van der Waals surface area (Å²) in [4.78, 5) is 18.9. The highest BCUT2D eigenvalue weighted by Gasteiger charge is 2.34. The van der Waals surface area contributed by atoms with Gasteiger partial charge in [-0.15, -0.1) is 0 Å². The minimum Gasteiger partial charge on any atom is -0.497 e. The van der Waals surface area contributed by atoms with E-state index in [1.807, 2.05) is 53.4 Å². The lowest BCUT2D eigenvalue weighted by Crippen LogP contribution is -2.24. The number of carbonyl (C=O) groups excluding carboxylic acids is 1. The van der Waals surface area contributed by atoms with Gasteiger partial charge < -0.3 is 18.9 Å². The second kappa shape index (κ2) is 8.98. The molecule has 1 fully saturated rings. The van der Waals surface area contributed by atoms with E-state index >= 15 is 0 Å². The molecule has 30 heavy (non-hydrogen) atoms. The molecule has 7 heteroatoms. The smallest absolute Gasteiger partial charge is 0.226 e. The predicted octanol–water partition coefficient (Wildman–Crippen LogP) is 3.39. The van der Waals surface area contributed by atoms with E-state index in [9.17, 15) is 4.79 Å². The number of benzene rings is 2. The number of para-hydroxylation sites is 1. The largest absolute Gasteiger partial charge is 0.497 e. The molecule has 156 valence electrons. The number of hydrogen-bond donors (Lipinski definition) is 0. The first-order valence-electron chi connectivity index (χ1n) is 10.0. The maximum atomic E-state index is 12.5. The van der Waals surface area contributed by atoms with Gasteiger partial charge >= 0.3 is 0 Å². The molecule has 3 aromatic rings. The highest BCUT2D eigenvalue weighted by Crippen LogP contribution is 2.29. The third kappa shape index (κ3) is 4.45. The molecule has 0 aliphatic carbocycles. The molecule has 1 aliphatic heterocycles.